The van der Waals surface area contributed by atoms with Gasteiger partial charge in [-0.15, -0.1) is 10.2 Å². The zero-order valence-corrected chi connectivity index (χ0v) is 12.5. The Morgan fingerprint density at radius 3 is 2.76 bits per heavy atom. The first kappa shape index (κ1) is 12.5. The zero-order chi connectivity index (χ0) is 14.4. The second-order valence-corrected chi connectivity index (χ2v) is 5.91. The molecule has 1 N–H and O–H groups in total. The summed E-state index contributed by atoms with van der Waals surface area (Å²) >= 11 is 7.41. The molecular weight excluding hydrogens is 308 g/mol. The van der Waals surface area contributed by atoms with Gasteiger partial charge in [0.15, 0.2) is 10.8 Å². The lowest BCUT2D eigenvalue weighted by Crippen LogP contribution is -1.89. The van der Waals surface area contributed by atoms with Crippen LogP contribution in [0.15, 0.2) is 30.5 Å². The summed E-state index contributed by atoms with van der Waals surface area (Å²) in [6, 6.07) is 7.60. The molecule has 0 aliphatic heterocycles. The molecule has 0 fully saturated rings. The van der Waals surface area contributed by atoms with Crippen LogP contribution in [-0.2, 0) is 0 Å². The monoisotopic (exact) mass is 316 g/mol. The third-order valence-electron chi connectivity index (χ3n) is 3.15. The summed E-state index contributed by atoms with van der Waals surface area (Å²) in [5, 5.41) is 21.3. The molecular formula is C13H9ClN6S. The molecule has 8 heteroatoms. The molecule has 104 valence electrons. The van der Waals surface area contributed by atoms with Crippen LogP contribution in [0, 0.1) is 6.92 Å². The quantitative estimate of drug-likeness (QED) is 0.616. The first-order chi connectivity index (χ1) is 10.2. The average molecular weight is 317 g/mol. The molecule has 1 aromatic carbocycles. The molecule has 0 radical (unpaired) electrons. The van der Waals surface area contributed by atoms with Gasteiger partial charge in [0, 0.05) is 10.6 Å². The fraction of sp³-hybridized carbons (Fsp3) is 0.0769. The van der Waals surface area contributed by atoms with E-state index in [4.69, 9.17) is 11.6 Å². The molecule has 6 nitrogen and oxygen atoms in total. The van der Waals surface area contributed by atoms with E-state index in [1.54, 1.807) is 10.7 Å². The lowest BCUT2D eigenvalue weighted by Gasteiger charge is -2.00. The predicted octanol–water partition coefficient (Wildman–Crippen LogP) is 3.20. The summed E-state index contributed by atoms with van der Waals surface area (Å²) in [6.07, 6.45) is 1.77. The third-order valence-corrected chi connectivity index (χ3v) is 4.33. The molecule has 0 spiro atoms. The Hall–Kier alpha value is -2.25. The van der Waals surface area contributed by atoms with Crippen LogP contribution in [0.1, 0.15) is 5.82 Å². The smallest absolute Gasteiger partial charge is 0.234 e. The Morgan fingerprint density at radius 1 is 1.19 bits per heavy atom. The van der Waals surface area contributed by atoms with Crippen LogP contribution >= 0.6 is 22.9 Å². The number of fused-ring (bicyclic) bond motifs is 1. The Kier molecular flexibility index (Phi) is 2.76. The lowest BCUT2D eigenvalue weighted by atomic mass is 10.1. The van der Waals surface area contributed by atoms with Crippen LogP contribution in [-0.4, -0.2) is 30.0 Å². The predicted molar refractivity (Wildman–Crippen MR) is 81.4 cm³/mol. The van der Waals surface area contributed by atoms with Crippen LogP contribution in [0.25, 0.3) is 26.8 Å². The summed E-state index contributed by atoms with van der Waals surface area (Å²) in [5.41, 5.74) is 2.86. The Labute approximate surface area is 128 Å². The first-order valence-electron chi connectivity index (χ1n) is 6.21. The van der Waals surface area contributed by atoms with Gasteiger partial charge in [-0.1, -0.05) is 35.1 Å². The second kappa shape index (κ2) is 4.64. The average Bonchev–Trinajstić information content (AvgIpc) is 3.17. The maximum Gasteiger partial charge on any atom is 0.234 e. The summed E-state index contributed by atoms with van der Waals surface area (Å²) in [5.74, 6) is 0.768. The van der Waals surface area contributed by atoms with Gasteiger partial charge in [-0.05, 0) is 19.1 Å². The fourth-order valence-electron chi connectivity index (χ4n) is 2.11. The van der Waals surface area contributed by atoms with E-state index in [1.165, 1.54) is 11.3 Å². The maximum absolute atomic E-state index is 5.93. The van der Waals surface area contributed by atoms with E-state index in [0.717, 1.165) is 32.6 Å². The highest BCUT2D eigenvalue weighted by molar-refractivity contribution is 7.19. The normalized spacial score (nSPS) is 11.3. The van der Waals surface area contributed by atoms with Crippen LogP contribution < -0.4 is 0 Å². The number of aryl methyl sites for hydroxylation is 1. The number of nitrogens with one attached hydrogen (secondary N) is 1. The van der Waals surface area contributed by atoms with Crippen molar-refractivity contribution in [3.05, 3.63) is 41.3 Å². The molecule has 4 rings (SSSR count). The molecule has 4 aromatic rings. The molecule has 0 amide bonds. The molecule has 3 aromatic heterocycles. The number of H-pyrrole nitrogens is 1. The fourth-order valence-corrected chi connectivity index (χ4v) is 3.14. The Balaban J connectivity index is 1.86. The largest absolute Gasteiger partial charge is 0.277 e. The van der Waals surface area contributed by atoms with Crippen molar-refractivity contribution in [1.82, 2.24) is 30.0 Å². The third kappa shape index (κ3) is 2.01. The molecule has 0 aliphatic rings. The van der Waals surface area contributed by atoms with Gasteiger partial charge >= 0.3 is 0 Å². The zero-order valence-electron chi connectivity index (χ0n) is 10.9. The van der Waals surface area contributed by atoms with Crippen molar-refractivity contribution < 1.29 is 0 Å². The lowest BCUT2D eigenvalue weighted by molar-refractivity contribution is 0.898. The summed E-state index contributed by atoms with van der Waals surface area (Å²) in [4.78, 5) is 0.769. The van der Waals surface area contributed by atoms with Crippen molar-refractivity contribution in [3.8, 4) is 21.8 Å². The van der Waals surface area contributed by atoms with Gasteiger partial charge in [-0.25, -0.2) is 0 Å². The van der Waals surface area contributed by atoms with E-state index >= 15 is 0 Å². The standard InChI is InChI=1S/C13H9ClN6S/c1-7-16-18-13-20(7)19-12(21-13)10-6-15-17-11(10)8-2-4-9(14)5-3-8/h2-6H,1H3,(H,15,17). The van der Waals surface area contributed by atoms with E-state index in [-0.39, 0.29) is 0 Å². The van der Waals surface area contributed by atoms with Gasteiger partial charge in [0.1, 0.15) is 0 Å². The van der Waals surface area contributed by atoms with Gasteiger partial charge < -0.3 is 0 Å². The van der Waals surface area contributed by atoms with Crippen molar-refractivity contribution in [3.63, 3.8) is 0 Å². The minimum absolute atomic E-state index is 0.703. The number of aromatic amines is 1. The molecule has 3 heterocycles. The minimum Gasteiger partial charge on any atom is -0.277 e. The Morgan fingerprint density at radius 2 is 2.00 bits per heavy atom. The molecule has 0 unspecified atom stereocenters. The number of hydrogen-bond acceptors (Lipinski definition) is 5. The Bertz CT molecular complexity index is 920. The van der Waals surface area contributed by atoms with Crippen molar-refractivity contribution in [2.75, 3.05) is 0 Å². The number of rotatable bonds is 2. The SMILES string of the molecule is Cc1nnc2sc(-c3cn[nH]c3-c3ccc(Cl)cc3)nn12. The van der Waals surface area contributed by atoms with E-state index in [0.29, 0.717) is 5.02 Å². The van der Waals surface area contributed by atoms with E-state index in [9.17, 15) is 0 Å². The van der Waals surface area contributed by atoms with Crippen LogP contribution in [0.5, 0.6) is 0 Å². The molecule has 21 heavy (non-hydrogen) atoms. The summed E-state index contributed by atoms with van der Waals surface area (Å²) < 4.78 is 1.73. The van der Waals surface area contributed by atoms with Gasteiger partial charge in [-0.2, -0.15) is 14.7 Å². The van der Waals surface area contributed by atoms with Crippen molar-refractivity contribution in [2.24, 2.45) is 0 Å². The van der Waals surface area contributed by atoms with E-state index in [1.807, 2.05) is 31.2 Å². The van der Waals surface area contributed by atoms with Crippen molar-refractivity contribution >= 4 is 27.9 Å². The highest BCUT2D eigenvalue weighted by atomic mass is 35.5. The van der Waals surface area contributed by atoms with Crippen molar-refractivity contribution in [1.29, 1.82) is 0 Å². The summed E-state index contributed by atoms with van der Waals surface area (Å²) in [7, 11) is 0. The first-order valence-corrected chi connectivity index (χ1v) is 7.40. The number of halogens is 1. The van der Waals surface area contributed by atoms with E-state index < -0.39 is 0 Å². The second-order valence-electron chi connectivity index (χ2n) is 4.51. The number of nitrogens with zero attached hydrogens (tertiary/aromatic N) is 5. The van der Waals surface area contributed by atoms with Gasteiger partial charge in [-0.3, -0.25) is 5.10 Å². The maximum atomic E-state index is 5.93. The number of aromatic nitrogens is 6. The molecule has 0 bridgehead atoms. The van der Waals surface area contributed by atoms with Gasteiger partial charge in [0.25, 0.3) is 0 Å². The summed E-state index contributed by atoms with van der Waals surface area (Å²) in [6.45, 7) is 1.87. The minimum atomic E-state index is 0.703. The number of hydrogen-bond donors (Lipinski definition) is 1. The molecule has 0 atom stereocenters. The van der Waals surface area contributed by atoms with Crippen LogP contribution in [0.2, 0.25) is 5.02 Å². The van der Waals surface area contributed by atoms with Crippen LogP contribution in [0.4, 0.5) is 0 Å². The molecule has 0 saturated heterocycles. The van der Waals surface area contributed by atoms with E-state index in [2.05, 4.69) is 25.5 Å². The highest BCUT2D eigenvalue weighted by Crippen LogP contribution is 2.33. The highest BCUT2D eigenvalue weighted by Gasteiger charge is 2.16. The van der Waals surface area contributed by atoms with Crippen molar-refractivity contribution in [2.45, 2.75) is 6.92 Å². The van der Waals surface area contributed by atoms with Gasteiger partial charge in [0.2, 0.25) is 4.96 Å². The topological polar surface area (TPSA) is 71.8 Å². The molecule has 0 saturated carbocycles. The molecule has 0 aliphatic carbocycles. The number of benzene rings is 1. The van der Waals surface area contributed by atoms with Gasteiger partial charge in [0.05, 0.1) is 17.5 Å². The van der Waals surface area contributed by atoms with Crippen LogP contribution in [0.3, 0.4) is 0 Å².